The number of aliphatic carboxylic acids is 1. The maximum absolute atomic E-state index is 12.0. The molecule has 1 aromatic heterocycles. The molecule has 0 saturated heterocycles. The third-order valence-electron chi connectivity index (χ3n) is 2.68. The standard InChI is InChI=1S/C13H17ClN2O3/c1-13(2,3)9(7-11(17)18)16-12(19)8-5-4-6-10(14)15-8/h4-6,9H,7H2,1-3H3,(H,16,19)(H,17,18). The minimum Gasteiger partial charge on any atom is -0.481 e. The van der Waals surface area contributed by atoms with E-state index in [4.69, 9.17) is 16.7 Å². The van der Waals surface area contributed by atoms with Crippen molar-refractivity contribution >= 4 is 23.5 Å². The molecule has 0 aliphatic carbocycles. The fourth-order valence-corrected chi connectivity index (χ4v) is 1.68. The van der Waals surface area contributed by atoms with Crippen LogP contribution in [0.2, 0.25) is 5.15 Å². The second-order valence-electron chi connectivity index (χ2n) is 5.34. The SMILES string of the molecule is CC(C)(C)C(CC(=O)O)NC(=O)c1cccc(Cl)n1. The first-order valence-electron chi connectivity index (χ1n) is 5.85. The van der Waals surface area contributed by atoms with Crippen molar-refractivity contribution in [2.24, 2.45) is 5.41 Å². The van der Waals surface area contributed by atoms with E-state index >= 15 is 0 Å². The van der Waals surface area contributed by atoms with Gasteiger partial charge in [0.2, 0.25) is 0 Å². The predicted octanol–water partition coefficient (Wildman–Crippen LogP) is 2.35. The van der Waals surface area contributed by atoms with Crippen molar-refractivity contribution < 1.29 is 14.7 Å². The molecule has 0 spiro atoms. The third-order valence-corrected chi connectivity index (χ3v) is 2.89. The summed E-state index contributed by atoms with van der Waals surface area (Å²) in [6.07, 6.45) is -0.143. The fourth-order valence-electron chi connectivity index (χ4n) is 1.52. The number of carboxylic acids is 1. The first-order chi connectivity index (χ1) is 8.70. The molecule has 104 valence electrons. The van der Waals surface area contributed by atoms with Gasteiger partial charge in [0.05, 0.1) is 6.42 Å². The van der Waals surface area contributed by atoms with E-state index in [9.17, 15) is 9.59 Å². The zero-order valence-corrected chi connectivity index (χ0v) is 11.9. The van der Waals surface area contributed by atoms with Crippen LogP contribution in [0.25, 0.3) is 0 Å². The van der Waals surface area contributed by atoms with Crippen LogP contribution in [0.3, 0.4) is 0 Å². The molecule has 0 saturated carbocycles. The average molecular weight is 285 g/mol. The molecule has 1 aromatic rings. The van der Waals surface area contributed by atoms with Gasteiger partial charge in [0.15, 0.2) is 0 Å². The normalized spacial score (nSPS) is 12.8. The summed E-state index contributed by atoms with van der Waals surface area (Å²) in [6.45, 7) is 5.60. The minimum absolute atomic E-state index is 0.143. The van der Waals surface area contributed by atoms with Gasteiger partial charge in [-0.05, 0) is 17.5 Å². The Kier molecular flexibility index (Phi) is 4.89. The number of rotatable bonds is 4. The molecule has 0 aliphatic rings. The van der Waals surface area contributed by atoms with Crippen molar-refractivity contribution in [3.63, 3.8) is 0 Å². The smallest absolute Gasteiger partial charge is 0.305 e. The van der Waals surface area contributed by atoms with E-state index < -0.39 is 17.9 Å². The Bertz CT molecular complexity index is 483. The second-order valence-corrected chi connectivity index (χ2v) is 5.72. The molecule has 0 bridgehead atoms. The van der Waals surface area contributed by atoms with Gasteiger partial charge in [-0.3, -0.25) is 9.59 Å². The number of hydrogen-bond acceptors (Lipinski definition) is 3. The van der Waals surface area contributed by atoms with Gasteiger partial charge in [-0.25, -0.2) is 4.98 Å². The Morgan fingerprint density at radius 2 is 2.05 bits per heavy atom. The van der Waals surface area contributed by atoms with Crippen LogP contribution in [0.5, 0.6) is 0 Å². The molecule has 2 N–H and O–H groups in total. The van der Waals surface area contributed by atoms with Gasteiger partial charge < -0.3 is 10.4 Å². The molecule has 0 fully saturated rings. The summed E-state index contributed by atoms with van der Waals surface area (Å²) in [5.74, 6) is -1.39. The molecule has 1 heterocycles. The summed E-state index contributed by atoms with van der Waals surface area (Å²) in [7, 11) is 0. The zero-order chi connectivity index (χ0) is 14.6. The van der Waals surface area contributed by atoms with E-state index in [-0.39, 0.29) is 22.7 Å². The van der Waals surface area contributed by atoms with E-state index in [0.717, 1.165) is 0 Å². The molecule has 1 atom stereocenters. The van der Waals surface area contributed by atoms with E-state index in [2.05, 4.69) is 10.3 Å². The molecule has 0 aromatic carbocycles. The Morgan fingerprint density at radius 3 is 2.53 bits per heavy atom. The van der Waals surface area contributed by atoms with Crippen molar-refractivity contribution in [1.29, 1.82) is 0 Å². The lowest BCUT2D eigenvalue weighted by Gasteiger charge is -2.30. The van der Waals surface area contributed by atoms with Gasteiger partial charge in [-0.2, -0.15) is 0 Å². The van der Waals surface area contributed by atoms with Crippen LogP contribution >= 0.6 is 11.6 Å². The largest absolute Gasteiger partial charge is 0.481 e. The Labute approximate surface area is 117 Å². The molecule has 1 rings (SSSR count). The predicted molar refractivity (Wildman–Crippen MR) is 72.2 cm³/mol. The third kappa shape index (κ3) is 4.87. The molecule has 1 unspecified atom stereocenters. The minimum atomic E-state index is -0.959. The van der Waals surface area contributed by atoms with Gasteiger partial charge in [-0.1, -0.05) is 38.4 Å². The van der Waals surface area contributed by atoms with Crippen LogP contribution in [-0.2, 0) is 4.79 Å². The topological polar surface area (TPSA) is 79.3 Å². The average Bonchev–Trinajstić information content (AvgIpc) is 2.26. The highest BCUT2D eigenvalue weighted by molar-refractivity contribution is 6.29. The highest BCUT2D eigenvalue weighted by Gasteiger charge is 2.29. The van der Waals surface area contributed by atoms with Crippen molar-refractivity contribution in [1.82, 2.24) is 10.3 Å². The Morgan fingerprint density at radius 1 is 1.42 bits per heavy atom. The zero-order valence-electron chi connectivity index (χ0n) is 11.1. The Hall–Kier alpha value is -1.62. The van der Waals surface area contributed by atoms with Crippen LogP contribution < -0.4 is 5.32 Å². The maximum atomic E-state index is 12.0. The molecular formula is C13H17ClN2O3. The van der Waals surface area contributed by atoms with Crippen molar-refractivity contribution in [3.8, 4) is 0 Å². The van der Waals surface area contributed by atoms with Crippen LogP contribution in [0.1, 0.15) is 37.7 Å². The first kappa shape index (κ1) is 15.4. The van der Waals surface area contributed by atoms with E-state index in [1.807, 2.05) is 20.8 Å². The van der Waals surface area contributed by atoms with Gasteiger partial charge in [0.25, 0.3) is 5.91 Å². The molecule has 0 aliphatic heterocycles. The van der Waals surface area contributed by atoms with Crippen LogP contribution in [0.15, 0.2) is 18.2 Å². The second kappa shape index (κ2) is 6.02. The van der Waals surface area contributed by atoms with Crippen molar-refractivity contribution in [3.05, 3.63) is 29.0 Å². The highest BCUT2D eigenvalue weighted by atomic mass is 35.5. The monoisotopic (exact) mass is 284 g/mol. The lowest BCUT2D eigenvalue weighted by atomic mass is 9.84. The first-order valence-corrected chi connectivity index (χ1v) is 6.23. The number of hydrogen-bond donors (Lipinski definition) is 2. The number of carbonyl (C=O) groups excluding carboxylic acids is 1. The summed E-state index contributed by atoms with van der Waals surface area (Å²) >= 11 is 5.71. The van der Waals surface area contributed by atoms with Crippen LogP contribution in [0, 0.1) is 5.41 Å². The number of aromatic nitrogens is 1. The highest BCUT2D eigenvalue weighted by Crippen LogP contribution is 2.22. The van der Waals surface area contributed by atoms with Crippen LogP contribution in [-0.4, -0.2) is 28.0 Å². The number of carbonyl (C=O) groups is 2. The Balaban J connectivity index is 2.85. The number of nitrogens with one attached hydrogen (secondary N) is 1. The lowest BCUT2D eigenvalue weighted by Crippen LogP contribution is -2.45. The number of halogens is 1. The van der Waals surface area contributed by atoms with E-state index in [1.54, 1.807) is 12.1 Å². The quantitative estimate of drug-likeness (QED) is 0.832. The van der Waals surface area contributed by atoms with Crippen molar-refractivity contribution in [2.45, 2.75) is 33.2 Å². The van der Waals surface area contributed by atoms with Gasteiger partial charge in [0.1, 0.15) is 10.8 Å². The van der Waals surface area contributed by atoms with E-state index in [0.29, 0.717) is 0 Å². The number of amides is 1. The molecule has 19 heavy (non-hydrogen) atoms. The van der Waals surface area contributed by atoms with E-state index in [1.165, 1.54) is 6.07 Å². The molecular weight excluding hydrogens is 268 g/mol. The summed E-state index contributed by atoms with van der Waals surface area (Å²) in [5.41, 5.74) is -0.195. The summed E-state index contributed by atoms with van der Waals surface area (Å²) < 4.78 is 0. The maximum Gasteiger partial charge on any atom is 0.305 e. The molecule has 5 nitrogen and oxygen atoms in total. The summed E-state index contributed by atoms with van der Waals surface area (Å²) in [4.78, 5) is 26.7. The number of pyridine rings is 1. The van der Waals surface area contributed by atoms with Gasteiger partial charge in [-0.15, -0.1) is 0 Å². The fraction of sp³-hybridized carbons (Fsp3) is 0.462. The summed E-state index contributed by atoms with van der Waals surface area (Å²) in [6, 6.07) is 4.23. The van der Waals surface area contributed by atoms with Crippen molar-refractivity contribution in [2.75, 3.05) is 0 Å². The molecule has 1 amide bonds. The van der Waals surface area contributed by atoms with Gasteiger partial charge >= 0.3 is 5.97 Å². The number of nitrogens with zero attached hydrogens (tertiary/aromatic N) is 1. The lowest BCUT2D eigenvalue weighted by molar-refractivity contribution is -0.138. The van der Waals surface area contributed by atoms with Gasteiger partial charge in [0, 0.05) is 6.04 Å². The summed E-state index contributed by atoms with van der Waals surface area (Å²) in [5, 5.41) is 11.8. The number of carboxylic acid groups (broad SMARTS) is 1. The van der Waals surface area contributed by atoms with Crippen LogP contribution in [0.4, 0.5) is 0 Å². The molecule has 0 radical (unpaired) electrons. The molecule has 6 heteroatoms.